The van der Waals surface area contributed by atoms with Crippen LogP contribution in [-0.4, -0.2) is 49.1 Å². The summed E-state index contributed by atoms with van der Waals surface area (Å²) in [5, 5.41) is 0. The SMILES string of the molecule is CSCC(C)N(C)CCOc1ccc(C(=O)NN)cc1. The minimum atomic E-state index is -0.304. The summed E-state index contributed by atoms with van der Waals surface area (Å²) in [5.74, 6) is 6.63. The lowest BCUT2D eigenvalue weighted by Crippen LogP contribution is -2.34. The second-order valence-electron chi connectivity index (χ2n) is 4.63. The number of nitrogen functional groups attached to an aromatic ring is 1. The van der Waals surface area contributed by atoms with Crippen LogP contribution in [0.25, 0.3) is 0 Å². The molecule has 0 saturated carbocycles. The molecule has 0 aliphatic rings. The largest absolute Gasteiger partial charge is 0.492 e. The van der Waals surface area contributed by atoms with Crippen molar-refractivity contribution in [2.45, 2.75) is 13.0 Å². The van der Waals surface area contributed by atoms with Crippen LogP contribution >= 0.6 is 11.8 Å². The summed E-state index contributed by atoms with van der Waals surface area (Å²) in [4.78, 5) is 13.5. The molecule has 1 unspecified atom stereocenters. The molecule has 5 nitrogen and oxygen atoms in total. The second kappa shape index (κ2) is 8.84. The number of hydrogen-bond acceptors (Lipinski definition) is 5. The van der Waals surface area contributed by atoms with E-state index in [0.717, 1.165) is 18.0 Å². The highest BCUT2D eigenvalue weighted by molar-refractivity contribution is 7.98. The molecule has 20 heavy (non-hydrogen) atoms. The summed E-state index contributed by atoms with van der Waals surface area (Å²) in [6.07, 6.45) is 2.11. The normalized spacial score (nSPS) is 12.2. The molecular formula is C14H23N3O2S. The number of amides is 1. The molecule has 0 spiro atoms. The van der Waals surface area contributed by atoms with Crippen LogP contribution in [0, 0.1) is 0 Å². The van der Waals surface area contributed by atoms with Gasteiger partial charge in [0.15, 0.2) is 0 Å². The lowest BCUT2D eigenvalue weighted by molar-refractivity contribution is 0.0953. The minimum Gasteiger partial charge on any atom is -0.492 e. The lowest BCUT2D eigenvalue weighted by Gasteiger charge is -2.23. The Bertz CT molecular complexity index is 411. The Labute approximate surface area is 124 Å². The van der Waals surface area contributed by atoms with Crippen molar-refractivity contribution in [3.05, 3.63) is 29.8 Å². The van der Waals surface area contributed by atoms with E-state index < -0.39 is 0 Å². The van der Waals surface area contributed by atoms with Crippen LogP contribution in [0.3, 0.4) is 0 Å². The van der Waals surface area contributed by atoms with Gasteiger partial charge in [-0.3, -0.25) is 15.1 Å². The number of likely N-dealkylation sites (N-methyl/N-ethyl adjacent to an activating group) is 1. The zero-order valence-corrected chi connectivity index (χ0v) is 13.1. The number of rotatable bonds is 8. The van der Waals surface area contributed by atoms with Gasteiger partial charge in [-0.15, -0.1) is 0 Å². The third kappa shape index (κ3) is 5.40. The van der Waals surface area contributed by atoms with Crippen molar-refractivity contribution in [3.63, 3.8) is 0 Å². The average Bonchev–Trinajstić information content (AvgIpc) is 2.47. The summed E-state index contributed by atoms with van der Waals surface area (Å²) < 4.78 is 5.66. The number of carbonyl (C=O) groups is 1. The number of nitrogens with one attached hydrogen (secondary N) is 1. The number of carbonyl (C=O) groups excluding carboxylic acids is 1. The lowest BCUT2D eigenvalue weighted by atomic mass is 10.2. The predicted octanol–water partition coefficient (Wildman–Crippen LogP) is 1.35. The monoisotopic (exact) mass is 297 g/mol. The molecule has 0 bridgehead atoms. The molecule has 6 heteroatoms. The molecule has 1 atom stereocenters. The molecule has 1 aromatic rings. The van der Waals surface area contributed by atoms with E-state index in [9.17, 15) is 4.79 Å². The molecule has 1 amide bonds. The molecule has 1 aromatic carbocycles. The summed E-state index contributed by atoms with van der Waals surface area (Å²) in [7, 11) is 2.10. The summed E-state index contributed by atoms with van der Waals surface area (Å²) in [5.41, 5.74) is 2.61. The Balaban J connectivity index is 2.37. The average molecular weight is 297 g/mol. The number of hydrazine groups is 1. The Kier molecular flexibility index (Phi) is 7.43. The van der Waals surface area contributed by atoms with Gasteiger partial charge in [-0.1, -0.05) is 0 Å². The number of benzene rings is 1. The van der Waals surface area contributed by atoms with Crippen LogP contribution in [0.1, 0.15) is 17.3 Å². The van der Waals surface area contributed by atoms with E-state index in [2.05, 4.69) is 30.6 Å². The number of ether oxygens (including phenoxy) is 1. The molecule has 0 heterocycles. The molecule has 1 rings (SSSR count). The minimum absolute atomic E-state index is 0.304. The highest BCUT2D eigenvalue weighted by Gasteiger charge is 2.08. The van der Waals surface area contributed by atoms with Crippen LogP contribution in [-0.2, 0) is 0 Å². The van der Waals surface area contributed by atoms with Crippen molar-refractivity contribution in [3.8, 4) is 5.75 Å². The van der Waals surface area contributed by atoms with Crippen molar-refractivity contribution in [1.82, 2.24) is 10.3 Å². The fourth-order valence-electron chi connectivity index (χ4n) is 1.68. The zero-order valence-electron chi connectivity index (χ0n) is 12.3. The Hall–Kier alpha value is -1.24. The van der Waals surface area contributed by atoms with E-state index in [1.807, 2.05) is 11.8 Å². The molecule has 0 aliphatic heterocycles. The first-order valence-corrected chi connectivity index (χ1v) is 7.90. The van der Waals surface area contributed by atoms with Gasteiger partial charge in [0.25, 0.3) is 5.91 Å². The van der Waals surface area contributed by atoms with Crippen LogP contribution in [0.2, 0.25) is 0 Å². The van der Waals surface area contributed by atoms with Gasteiger partial charge >= 0.3 is 0 Å². The van der Waals surface area contributed by atoms with Crippen molar-refractivity contribution < 1.29 is 9.53 Å². The van der Waals surface area contributed by atoms with Crippen LogP contribution in [0.15, 0.2) is 24.3 Å². The number of hydrogen-bond donors (Lipinski definition) is 2. The van der Waals surface area contributed by atoms with Gasteiger partial charge in [0.05, 0.1) is 0 Å². The molecule has 0 aliphatic carbocycles. The maximum absolute atomic E-state index is 11.3. The van der Waals surface area contributed by atoms with E-state index >= 15 is 0 Å². The van der Waals surface area contributed by atoms with E-state index in [-0.39, 0.29) is 5.91 Å². The fourth-order valence-corrected chi connectivity index (χ4v) is 2.42. The Morgan fingerprint density at radius 2 is 2.10 bits per heavy atom. The first-order valence-electron chi connectivity index (χ1n) is 6.51. The van der Waals surface area contributed by atoms with Crippen LogP contribution in [0.4, 0.5) is 0 Å². The van der Waals surface area contributed by atoms with Crippen molar-refractivity contribution in [1.29, 1.82) is 0 Å². The third-order valence-electron chi connectivity index (χ3n) is 3.12. The molecular weight excluding hydrogens is 274 g/mol. The van der Waals surface area contributed by atoms with Gasteiger partial charge in [0, 0.05) is 23.9 Å². The van der Waals surface area contributed by atoms with E-state index in [1.165, 1.54) is 0 Å². The van der Waals surface area contributed by atoms with E-state index in [0.29, 0.717) is 18.2 Å². The fraction of sp³-hybridized carbons (Fsp3) is 0.500. The second-order valence-corrected chi connectivity index (χ2v) is 5.54. The molecule has 3 N–H and O–H groups in total. The van der Waals surface area contributed by atoms with Crippen LogP contribution < -0.4 is 16.0 Å². The summed E-state index contributed by atoms with van der Waals surface area (Å²) in [6, 6.07) is 7.46. The molecule has 0 fully saturated rings. The summed E-state index contributed by atoms with van der Waals surface area (Å²) >= 11 is 1.84. The zero-order chi connectivity index (χ0) is 15.0. The predicted molar refractivity (Wildman–Crippen MR) is 84.1 cm³/mol. The van der Waals surface area contributed by atoms with E-state index in [1.54, 1.807) is 24.3 Å². The van der Waals surface area contributed by atoms with Crippen molar-refractivity contribution >= 4 is 17.7 Å². The van der Waals surface area contributed by atoms with Gasteiger partial charge in [0.1, 0.15) is 12.4 Å². The first kappa shape index (κ1) is 16.8. The highest BCUT2D eigenvalue weighted by Crippen LogP contribution is 2.12. The number of nitrogens with zero attached hydrogens (tertiary/aromatic N) is 1. The van der Waals surface area contributed by atoms with Gasteiger partial charge in [0.2, 0.25) is 0 Å². The number of nitrogens with two attached hydrogens (primary N) is 1. The molecule has 112 valence electrons. The Morgan fingerprint density at radius 1 is 1.45 bits per heavy atom. The van der Waals surface area contributed by atoms with Gasteiger partial charge in [-0.2, -0.15) is 11.8 Å². The highest BCUT2D eigenvalue weighted by atomic mass is 32.2. The summed E-state index contributed by atoms with van der Waals surface area (Å²) in [6.45, 7) is 3.70. The number of thioether (sulfide) groups is 1. The topological polar surface area (TPSA) is 67.6 Å². The van der Waals surface area contributed by atoms with Crippen molar-refractivity contribution in [2.75, 3.05) is 32.2 Å². The van der Waals surface area contributed by atoms with Crippen LogP contribution in [0.5, 0.6) is 5.75 Å². The smallest absolute Gasteiger partial charge is 0.265 e. The standard InChI is InChI=1S/C14H23N3O2S/c1-11(10-20-3)17(2)8-9-19-13-6-4-12(5-7-13)14(18)16-15/h4-7,11H,8-10,15H2,1-3H3,(H,16,18). The van der Waals surface area contributed by atoms with Gasteiger partial charge < -0.3 is 4.74 Å². The quantitative estimate of drug-likeness (QED) is 0.431. The molecule has 0 radical (unpaired) electrons. The van der Waals surface area contributed by atoms with E-state index in [4.69, 9.17) is 10.6 Å². The van der Waals surface area contributed by atoms with Gasteiger partial charge in [-0.05, 0) is 44.5 Å². The maximum atomic E-state index is 11.3. The molecule has 0 saturated heterocycles. The Morgan fingerprint density at radius 3 is 2.65 bits per heavy atom. The maximum Gasteiger partial charge on any atom is 0.265 e. The van der Waals surface area contributed by atoms with Gasteiger partial charge in [-0.25, -0.2) is 5.84 Å². The van der Waals surface area contributed by atoms with Crippen molar-refractivity contribution in [2.24, 2.45) is 5.84 Å². The third-order valence-corrected chi connectivity index (χ3v) is 3.94. The molecule has 0 aromatic heterocycles. The first-order chi connectivity index (χ1) is 9.58.